The number of halogens is 1. The standard InChI is InChI=1S/C12H13FN2S/c1-8-7-14-12(16)15(8)9(2)10-3-5-11(13)6-4-10/h3-6,9H,1,7H2,2H3,(H,14,16)/t9-/m0/s1. The van der Waals surface area contributed by atoms with Gasteiger partial charge in [0, 0.05) is 5.70 Å². The minimum absolute atomic E-state index is 0.0793. The third kappa shape index (κ3) is 1.93. The zero-order valence-corrected chi connectivity index (χ0v) is 9.85. The van der Waals surface area contributed by atoms with E-state index in [9.17, 15) is 4.39 Å². The van der Waals surface area contributed by atoms with E-state index in [4.69, 9.17) is 12.2 Å². The van der Waals surface area contributed by atoms with Gasteiger partial charge in [-0.25, -0.2) is 4.39 Å². The molecule has 1 heterocycles. The second kappa shape index (κ2) is 4.22. The number of hydrogen-bond acceptors (Lipinski definition) is 1. The van der Waals surface area contributed by atoms with Gasteiger partial charge in [-0.2, -0.15) is 0 Å². The van der Waals surface area contributed by atoms with Gasteiger partial charge in [-0.1, -0.05) is 18.7 Å². The average Bonchev–Trinajstić information content (AvgIpc) is 2.59. The summed E-state index contributed by atoms with van der Waals surface area (Å²) in [7, 11) is 0. The Labute approximate surface area is 99.8 Å². The van der Waals surface area contributed by atoms with E-state index >= 15 is 0 Å². The summed E-state index contributed by atoms with van der Waals surface area (Å²) in [6.07, 6.45) is 0. The summed E-state index contributed by atoms with van der Waals surface area (Å²) in [5.41, 5.74) is 1.97. The fourth-order valence-corrected chi connectivity index (χ4v) is 2.19. The lowest BCUT2D eigenvalue weighted by Crippen LogP contribution is -2.29. The zero-order valence-electron chi connectivity index (χ0n) is 9.03. The minimum atomic E-state index is -0.225. The van der Waals surface area contributed by atoms with E-state index in [1.807, 2.05) is 11.8 Å². The lowest BCUT2D eigenvalue weighted by atomic mass is 10.1. The van der Waals surface area contributed by atoms with Gasteiger partial charge in [0.1, 0.15) is 5.82 Å². The lowest BCUT2D eigenvalue weighted by molar-refractivity contribution is 0.432. The Morgan fingerprint density at radius 1 is 1.44 bits per heavy atom. The number of rotatable bonds is 2. The van der Waals surface area contributed by atoms with Gasteiger partial charge in [-0.05, 0) is 36.8 Å². The first-order valence-electron chi connectivity index (χ1n) is 5.10. The van der Waals surface area contributed by atoms with Crippen LogP contribution >= 0.6 is 12.2 Å². The molecule has 2 rings (SSSR count). The number of hydrogen-bond donors (Lipinski definition) is 1. The lowest BCUT2D eigenvalue weighted by Gasteiger charge is -2.26. The summed E-state index contributed by atoms with van der Waals surface area (Å²) in [5, 5.41) is 3.75. The van der Waals surface area contributed by atoms with Gasteiger partial charge in [0.2, 0.25) is 0 Å². The molecule has 1 aliphatic rings. The van der Waals surface area contributed by atoms with Gasteiger partial charge in [0.05, 0.1) is 12.6 Å². The Morgan fingerprint density at radius 2 is 2.06 bits per heavy atom. The van der Waals surface area contributed by atoms with Gasteiger partial charge in [-0.3, -0.25) is 0 Å². The molecule has 1 atom stereocenters. The molecule has 4 heteroatoms. The van der Waals surface area contributed by atoms with Crippen molar-refractivity contribution < 1.29 is 4.39 Å². The minimum Gasteiger partial charge on any atom is -0.357 e. The third-order valence-corrected chi connectivity index (χ3v) is 3.08. The van der Waals surface area contributed by atoms with E-state index < -0.39 is 0 Å². The van der Waals surface area contributed by atoms with Crippen molar-refractivity contribution in [2.45, 2.75) is 13.0 Å². The van der Waals surface area contributed by atoms with Crippen molar-refractivity contribution in [3.8, 4) is 0 Å². The van der Waals surface area contributed by atoms with Crippen LogP contribution in [0.1, 0.15) is 18.5 Å². The predicted molar refractivity (Wildman–Crippen MR) is 66.4 cm³/mol. The van der Waals surface area contributed by atoms with Crippen molar-refractivity contribution in [2.75, 3.05) is 6.54 Å². The summed E-state index contributed by atoms with van der Waals surface area (Å²) in [6.45, 7) is 6.66. The van der Waals surface area contributed by atoms with E-state index in [1.54, 1.807) is 12.1 Å². The first kappa shape index (κ1) is 11.1. The molecular weight excluding hydrogens is 223 g/mol. The maximum Gasteiger partial charge on any atom is 0.174 e. The molecule has 0 saturated carbocycles. The second-order valence-corrected chi connectivity index (χ2v) is 4.21. The van der Waals surface area contributed by atoms with Crippen molar-refractivity contribution in [1.29, 1.82) is 0 Å². The van der Waals surface area contributed by atoms with Crippen molar-refractivity contribution in [2.24, 2.45) is 0 Å². The fraction of sp³-hybridized carbons (Fsp3) is 0.250. The van der Waals surface area contributed by atoms with Crippen LogP contribution in [0.3, 0.4) is 0 Å². The fourth-order valence-electron chi connectivity index (χ4n) is 1.83. The highest BCUT2D eigenvalue weighted by Gasteiger charge is 2.26. The molecule has 1 aromatic carbocycles. The Hall–Kier alpha value is -1.42. The topological polar surface area (TPSA) is 15.3 Å². The van der Waals surface area contributed by atoms with Gasteiger partial charge in [0.15, 0.2) is 5.11 Å². The maximum absolute atomic E-state index is 12.8. The molecule has 84 valence electrons. The van der Waals surface area contributed by atoms with Crippen LogP contribution in [0.15, 0.2) is 36.5 Å². The van der Waals surface area contributed by atoms with Crippen molar-refractivity contribution in [3.63, 3.8) is 0 Å². The number of nitrogens with one attached hydrogen (secondary N) is 1. The van der Waals surface area contributed by atoms with Gasteiger partial charge >= 0.3 is 0 Å². The molecule has 1 N–H and O–H groups in total. The quantitative estimate of drug-likeness (QED) is 0.795. The van der Waals surface area contributed by atoms with Crippen LogP contribution in [-0.2, 0) is 0 Å². The van der Waals surface area contributed by atoms with Gasteiger partial charge in [-0.15, -0.1) is 0 Å². The van der Waals surface area contributed by atoms with Crippen LogP contribution in [0.25, 0.3) is 0 Å². The Bertz CT molecular complexity index is 411. The van der Waals surface area contributed by atoms with Crippen LogP contribution < -0.4 is 5.32 Å². The van der Waals surface area contributed by atoms with Gasteiger partial charge in [0.25, 0.3) is 0 Å². The average molecular weight is 236 g/mol. The Balaban J connectivity index is 2.24. The van der Waals surface area contributed by atoms with Crippen molar-refractivity contribution in [1.82, 2.24) is 10.2 Å². The summed E-state index contributed by atoms with van der Waals surface area (Å²) < 4.78 is 12.8. The van der Waals surface area contributed by atoms with E-state index in [-0.39, 0.29) is 11.9 Å². The van der Waals surface area contributed by atoms with Crippen molar-refractivity contribution in [3.05, 3.63) is 47.9 Å². The molecule has 0 aliphatic carbocycles. The molecule has 16 heavy (non-hydrogen) atoms. The Morgan fingerprint density at radius 3 is 2.56 bits per heavy atom. The second-order valence-electron chi connectivity index (χ2n) is 3.82. The summed E-state index contributed by atoms with van der Waals surface area (Å²) >= 11 is 5.20. The predicted octanol–water partition coefficient (Wildman–Crippen LogP) is 2.59. The Kier molecular flexibility index (Phi) is 2.92. The number of thiocarbonyl (C=S) groups is 1. The van der Waals surface area contributed by atoms with Crippen LogP contribution in [-0.4, -0.2) is 16.6 Å². The molecule has 0 aromatic heterocycles. The normalized spacial score (nSPS) is 17.5. The molecule has 2 nitrogen and oxygen atoms in total. The molecule has 0 amide bonds. The highest BCUT2D eigenvalue weighted by atomic mass is 32.1. The summed E-state index contributed by atoms with van der Waals surface area (Å²) in [6, 6.07) is 6.54. The third-order valence-electron chi connectivity index (χ3n) is 2.74. The SMILES string of the molecule is C=C1CNC(=S)N1[C@@H](C)c1ccc(F)cc1. The highest BCUT2D eigenvalue weighted by molar-refractivity contribution is 7.80. The van der Waals surface area contributed by atoms with E-state index in [1.165, 1.54) is 12.1 Å². The highest BCUT2D eigenvalue weighted by Crippen LogP contribution is 2.26. The molecular formula is C12H13FN2S. The van der Waals surface area contributed by atoms with E-state index in [2.05, 4.69) is 11.9 Å². The molecule has 0 bridgehead atoms. The number of nitrogens with zero attached hydrogens (tertiary/aromatic N) is 1. The maximum atomic E-state index is 12.8. The molecule has 1 aromatic rings. The van der Waals surface area contributed by atoms with Crippen LogP contribution in [0, 0.1) is 5.82 Å². The molecule has 0 spiro atoms. The molecule has 1 saturated heterocycles. The largest absolute Gasteiger partial charge is 0.357 e. The van der Waals surface area contributed by atoms with Crippen molar-refractivity contribution >= 4 is 17.3 Å². The molecule has 1 fully saturated rings. The first-order valence-corrected chi connectivity index (χ1v) is 5.50. The molecule has 1 aliphatic heterocycles. The summed E-state index contributed by atoms with van der Waals surface area (Å²) in [4.78, 5) is 1.96. The van der Waals surface area contributed by atoms with Crippen LogP contribution in [0.5, 0.6) is 0 Å². The van der Waals surface area contributed by atoms with Crippen LogP contribution in [0.2, 0.25) is 0 Å². The van der Waals surface area contributed by atoms with Gasteiger partial charge < -0.3 is 10.2 Å². The van der Waals surface area contributed by atoms with E-state index in [0.29, 0.717) is 11.7 Å². The van der Waals surface area contributed by atoms with Crippen LogP contribution in [0.4, 0.5) is 4.39 Å². The number of benzene rings is 1. The molecule has 0 unspecified atom stereocenters. The van der Waals surface area contributed by atoms with E-state index in [0.717, 1.165) is 11.3 Å². The first-order chi connectivity index (χ1) is 7.59. The zero-order chi connectivity index (χ0) is 11.7. The monoisotopic (exact) mass is 236 g/mol. The smallest absolute Gasteiger partial charge is 0.174 e. The molecule has 0 radical (unpaired) electrons. The summed E-state index contributed by atoms with van der Waals surface area (Å²) in [5.74, 6) is -0.225.